The van der Waals surface area contributed by atoms with Crippen LogP contribution < -0.4 is 4.72 Å². The van der Waals surface area contributed by atoms with Crippen molar-refractivity contribution >= 4 is 10.2 Å². The highest BCUT2D eigenvalue weighted by atomic mass is 32.2. The molecular weight excluding hydrogens is 326 g/mol. The Balaban J connectivity index is 1.49. The second kappa shape index (κ2) is 7.43. The molecule has 8 heteroatoms. The van der Waals surface area contributed by atoms with Crippen LogP contribution >= 0.6 is 0 Å². The van der Waals surface area contributed by atoms with Crippen LogP contribution in [-0.4, -0.2) is 53.8 Å². The topological polar surface area (TPSA) is 81.3 Å². The summed E-state index contributed by atoms with van der Waals surface area (Å²) in [6, 6.07) is 9.54. The number of aromatic nitrogens is 2. The van der Waals surface area contributed by atoms with E-state index in [1.54, 1.807) is 0 Å². The van der Waals surface area contributed by atoms with Crippen molar-refractivity contribution in [2.75, 3.05) is 26.2 Å². The number of aromatic amines is 1. The zero-order valence-electron chi connectivity index (χ0n) is 13.8. The third-order valence-electron chi connectivity index (χ3n) is 4.12. The maximum absolute atomic E-state index is 12.4. The van der Waals surface area contributed by atoms with E-state index < -0.39 is 10.2 Å². The molecular formula is C16H23N5O2S. The summed E-state index contributed by atoms with van der Waals surface area (Å²) in [6.07, 6.45) is 1.83. The van der Waals surface area contributed by atoms with Crippen molar-refractivity contribution in [3.63, 3.8) is 0 Å². The third kappa shape index (κ3) is 4.41. The van der Waals surface area contributed by atoms with Gasteiger partial charge in [0.2, 0.25) is 0 Å². The standard InChI is InChI=1S/C16H23N5O2S/c1-14-17-12-16(19-14)13-20-7-9-21(10-8-20)24(22,23)18-11-15-5-3-2-4-6-15/h2-6,12,18H,7-11,13H2,1H3,(H,17,19). The predicted molar refractivity (Wildman–Crippen MR) is 92.4 cm³/mol. The largest absolute Gasteiger partial charge is 0.345 e. The molecule has 1 aliphatic rings. The molecule has 1 saturated heterocycles. The lowest BCUT2D eigenvalue weighted by molar-refractivity contribution is 0.179. The normalized spacial score (nSPS) is 17.2. The van der Waals surface area contributed by atoms with Crippen molar-refractivity contribution in [1.29, 1.82) is 0 Å². The van der Waals surface area contributed by atoms with Gasteiger partial charge in [0.1, 0.15) is 5.82 Å². The van der Waals surface area contributed by atoms with E-state index in [9.17, 15) is 8.42 Å². The molecule has 0 saturated carbocycles. The summed E-state index contributed by atoms with van der Waals surface area (Å²) in [6.45, 7) is 5.43. The minimum atomic E-state index is -3.44. The number of H-pyrrole nitrogens is 1. The zero-order chi connectivity index (χ0) is 17.0. The second-order valence-electron chi connectivity index (χ2n) is 5.98. The van der Waals surface area contributed by atoms with Crippen molar-refractivity contribution in [3.8, 4) is 0 Å². The second-order valence-corrected chi connectivity index (χ2v) is 7.74. The van der Waals surface area contributed by atoms with Crippen molar-refractivity contribution in [1.82, 2.24) is 23.9 Å². The van der Waals surface area contributed by atoms with Crippen LogP contribution in [0.1, 0.15) is 17.1 Å². The fourth-order valence-electron chi connectivity index (χ4n) is 2.78. The Hall–Kier alpha value is -1.74. The smallest absolute Gasteiger partial charge is 0.279 e. The molecule has 1 aliphatic heterocycles. The molecule has 0 spiro atoms. The molecule has 1 aromatic heterocycles. The first kappa shape index (κ1) is 17.1. The average molecular weight is 349 g/mol. The quantitative estimate of drug-likeness (QED) is 0.811. The Bertz CT molecular complexity index is 752. The summed E-state index contributed by atoms with van der Waals surface area (Å²) < 4.78 is 29.0. The molecule has 2 N–H and O–H groups in total. The van der Waals surface area contributed by atoms with E-state index in [0.29, 0.717) is 32.7 Å². The van der Waals surface area contributed by atoms with Gasteiger partial charge in [-0.05, 0) is 12.5 Å². The molecule has 0 atom stereocenters. The van der Waals surface area contributed by atoms with E-state index in [4.69, 9.17) is 0 Å². The van der Waals surface area contributed by atoms with Crippen LogP contribution in [0.5, 0.6) is 0 Å². The minimum absolute atomic E-state index is 0.316. The average Bonchev–Trinajstić information content (AvgIpc) is 2.99. The Morgan fingerprint density at radius 3 is 2.50 bits per heavy atom. The minimum Gasteiger partial charge on any atom is -0.345 e. The van der Waals surface area contributed by atoms with E-state index in [1.807, 2.05) is 43.5 Å². The summed E-state index contributed by atoms with van der Waals surface area (Å²) in [7, 11) is -3.44. The van der Waals surface area contributed by atoms with Gasteiger partial charge in [0.05, 0.1) is 0 Å². The van der Waals surface area contributed by atoms with Gasteiger partial charge in [0.15, 0.2) is 0 Å². The number of imidazole rings is 1. The van der Waals surface area contributed by atoms with Crippen LogP contribution in [0.15, 0.2) is 36.5 Å². The first-order valence-electron chi connectivity index (χ1n) is 8.04. The number of rotatable bonds is 6. The van der Waals surface area contributed by atoms with Gasteiger partial charge in [-0.3, -0.25) is 4.90 Å². The summed E-state index contributed by atoms with van der Waals surface area (Å²) in [5.74, 6) is 0.899. The number of piperazine rings is 1. The molecule has 0 aliphatic carbocycles. The van der Waals surface area contributed by atoms with Gasteiger partial charge >= 0.3 is 0 Å². The maximum Gasteiger partial charge on any atom is 0.279 e. The Labute approximate surface area is 142 Å². The van der Waals surface area contributed by atoms with Crippen molar-refractivity contribution in [2.45, 2.75) is 20.0 Å². The van der Waals surface area contributed by atoms with Crippen LogP contribution in [0, 0.1) is 6.92 Å². The van der Waals surface area contributed by atoms with Crippen molar-refractivity contribution < 1.29 is 8.42 Å². The van der Waals surface area contributed by atoms with Crippen LogP contribution in [-0.2, 0) is 23.3 Å². The number of hydrogen-bond donors (Lipinski definition) is 2. The highest BCUT2D eigenvalue weighted by molar-refractivity contribution is 7.87. The molecule has 1 fully saturated rings. The first-order chi connectivity index (χ1) is 11.5. The van der Waals surface area contributed by atoms with E-state index in [2.05, 4.69) is 19.6 Å². The van der Waals surface area contributed by atoms with E-state index in [-0.39, 0.29) is 0 Å². The van der Waals surface area contributed by atoms with Gasteiger partial charge in [0.25, 0.3) is 10.2 Å². The molecule has 2 aromatic rings. The fraction of sp³-hybridized carbons (Fsp3) is 0.438. The lowest BCUT2D eigenvalue weighted by atomic mass is 10.2. The summed E-state index contributed by atoms with van der Waals surface area (Å²) in [5, 5.41) is 0. The lowest BCUT2D eigenvalue weighted by Gasteiger charge is -2.33. The van der Waals surface area contributed by atoms with Crippen LogP contribution in [0.3, 0.4) is 0 Å². The van der Waals surface area contributed by atoms with Crippen LogP contribution in [0.2, 0.25) is 0 Å². The molecule has 0 radical (unpaired) electrons. The van der Waals surface area contributed by atoms with Crippen LogP contribution in [0.25, 0.3) is 0 Å². The highest BCUT2D eigenvalue weighted by Gasteiger charge is 2.26. The van der Waals surface area contributed by atoms with Gasteiger partial charge in [-0.1, -0.05) is 30.3 Å². The Morgan fingerprint density at radius 2 is 1.88 bits per heavy atom. The maximum atomic E-state index is 12.4. The fourth-order valence-corrected chi connectivity index (χ4v) is 3.96. The summed E-state index contributed by atoms with van der Waals surface area (Å²) in [5.41, 5.74) is 2.01. The molecule has 0 unspecified atom stereocenters. The number of nitrogens with zero attached hydrogens (tertiary/aromatic N) is 3. The molecule has 2 heterocycles. The van der Waals surface area contributed by atoms with Crippen molar-refractivity contribution in [3.05, 3.63) is 53.6 Å². The lowest BCUT2D eigenvalue weighted by Crippen LogP contribution is -2.51. The van der Waals surface area contributed by atoms with E-state index >= 15 is 0 Å². The molecule has 0 bridgehead atoms. The third-order valence-corrected chi connectivity index (χ3v) is 5.68. The highest BCUT2D eigenvalue weighted by Crippen LogP contribution is 2.10. The Morgan fingerprint density at radius 1 is 1.17 bits per heavy atom. The predicted octanol–water partition coefficient (Wildman–Crippen LogP) is 0.870. The number of nitrogens with one attached hydrogen (secondary N) is 2. The monoisotopic (exact) mass is 349 g/mol. The first-order valence-corrected chi connectivity index (χ1v) is 9.48. The molecule has 24 heavy (non-hydrogen) atoms. The van der Waals surface area contributed by atoms with E-state index in [0.717, 1.165) is 23.6 Å². The summed E-state index contributed by atoms with van der Waals surface area (Å²) >= 11 is 0. The number of aryl methyl sites for hydroxylation is 1. The summed E-state index contributed by atoms with van der Waals surface area (Å²) in [4.78, 5) is 9.63. The Kier molecular flexibility index (Phi) is 5.30. The van der Waals surface area contributed by atoms with Gasteiger partial charge in [-0.25, -0.2) is 4.98 Å². The van der Waals surface area contributed by atoms with Gasteiger partial charge in [-0.2, -0.15) is 17.4 Å². The van der Waals surface area contributed by atoms with Gasteiger partial charge in [-0.15, -0.1) is 0 Å². The van der Waals surface area contributed by atoms with Crippen LogP contribution in [0.4, 0.5) is 0 Å². The number of hydrogen-bond acceptors (Lipinski definition) is 4. The SMILES string of the molecule is Cc1ncc(CN2CCN(S(=O)(=O)NCc3ccccc3)CC2)[nH]1. The van der Waals surface area contributed by atoms with E-state index in [1.165, 1.54) is 4.31 Å². The molecule has 3 rings (SSSR count). The molecule has 130 valence electrons. The van der Waals surface area contributed by atoms with Crippen molar-refractivity contribution in [2.24, 2.45) is 0 Å². The zero-order valence-corrected chi connectivity index (χ0v) is 14.6. The molecule has 0 amide bonds. The molecule has 1 aromatic carbocycles. The van der Waals surface area contributed by atoms with Gasteiger partial charge in [0, 0.05) is 51.2 Å². The van der Waals surface area contributed by atoms with Gasteiger partial charge < -0.3 is 4.98 Å². The molecule has 7 nitrogen and oxygen atoms in total. The number of benzene rings is 1.